The van der Waals surface area contributed by atoms with Crippen LogP contribution < -0.4 is 10.2 Å². The predicted molar refractivity (Wildman–Crippen MR) is 118 cm³/mol. The van der Waals surface area contributed by atoms with Crippen molar-refractivity contribution in [1.82, 2.24) is 14.7 Å². The molecular formula is C20H25N5S2. The molecule has 7 heteroatoms. The minimum absolute atomic E-state index is 0.653. The number of anilines is 3. The lowest BCUT2D eigenvalue weighted by molar-refractivity contribution is 0.245. The molecule has 1 N–H and O–H groups in total. The fraction of sp³-hybridized carbons (Fsp3) is 0.300. The van der Waals surface area contributed by atoms with Crippen molar-refractivity contribution in [3.8, 4) is 0 Å². The van der Waals surface area contributed by atoms with Crippen LogP contribution in [-0.2, 0) is 13.2 Å². The highest BCUT2D eigenvalue weighted by atomic mass is 32.1. The Balaban J connectivity index is 1.64. The summed E-state index contributed by atoms with van der Waals surface area (Å²) in [5, 5.41) is 8.82. The maximum atomic E-state index is 5.50. The number of aryl methyl sites for hydroxylation is 1. The van der Waals surface area contributed by atoms with Crippen LogP contribution in [0.1, 0.15) is 11.1 Å². The van der Waals surface area contributed by atoms with E-state index in [1.54, 1.807) is 0 Å². The topological polar surface area (TPSA) is 36.3 Å². The van der Waals surface area contributed by atoms with Crippen LogP contribution in [0.25, 0.3) is 0 Å². The van der Waals surface area contributed by atoms with Crippen LogP contribution in [0.5, 0.6) is 0 Å². The van der Waals surface area contributed by atoms with Gasteiger partial charge < -0.3 is 10.2 Å². The zero-order valence-electron chi connectivity index (χ0n) is 16.1. The molecule has 0 amide bonds. The van der Waals surface area contributed by atoms with E-state index in [0.717, 1.165) is 21.3 Å². The first-order valence-corrected chi connectivity index (χ1v) is 10.0. The molecule has 0 fully saturated rings. The van der Waals surface area contributed by atoms with Crippen LogP contribution in [0, 0.1) is 10.9 Å². The number of aromatic nitrogens is 2. The van der Waals surface area contributed by atoms with Gasteiger partial charge >= 0.3 is 0 Å². The third-order valence-electron chi connectivity index (χ3n) is 4.27. The second-order valence-corrected chi connectivity index (χ2v) is 8.45. The number of benzene rings is 2. The van der Waals surface area contributed by atoms with E-state index in [-0.39, 0.29) is 0 Å². The van der Waals surface area contributed by atoms with Gasteiger partial charge in [0.05, 0.1) is 6.67 Å². The van der Waals surface area contributed by atoms with E-state index in [2.05, 4.69) is 64.5 Å². The molecule has 0 aliphatic heterocycles. The van der Waals surface area contributed by atoms with E-state index in [4.69, 9.17) is 12.2 Å². The normalized spacial score (nSPS) is 11.0. The van der Waals surface area contributed by atoms with Gasteiger partial charge in [0.25, 0.3) is 0 Å². The molecule has 1 aromatic heterocycles. The van der Waals surface area contributed by atoms with Crippen LogP contribution in [-0.4, -0.2) is 35.8 Å². The molecule has 1 heterocycles. The summed E-state index contributed by atoms with van der Waals surface area (Å²) >= 11 is 6.99. The lowest BCUT2D eigenvalue weighted by atomic mass is 10.2. The maximum Gasteiger partial charge on any atom is 0.209 e. The van der Waals surface area contributed by atoms with Crippen molar-refractivity contribution in [3.05, 3.63) is 63.6 Å². The first-order valence-electron chi connectivity index (χ1n) is 8.78. The van der Waals surface area contributed by atoms with Gasteiger partial charge in [0.2, 0.25) is 5.13 Å². The van der Waals surface area contributed by atoms with Crippen molar-refractivity contribution in [1.29, 1.82) is 0 Å². The Hall–Kier alpha value is -2.22. The smallest absolute Gasteiger partial charge is 0.209 e. The average molecular weight is 400 g/mol. The Labute approximate surface area is 169 Å². The Morgan fingerprint density at radius 3 is 2.44 bits per heavy atom. The van der Waals surface area contributed by atoms with E-state index < -0.39 is 0 Å². The fourth-order valence-corrected chi connectivity index (χ4v) is 3.77. The van der Waals surface area contributed by atoms with Gasteiger partial charge in [-0.1, -0.05) is 41.7 Å². The van der Waals surface area contributed by atoms with Crippen molar-refractivity contribution in [2.45, 2.75) is 20.1 Å². The summed E-state index contributed by atoms with van der Waals surface area (Å²) < 4.78 is 2.63. The summed E-state index contributed by atoms with van der Waals surface area (Å²) in [6.07, 6.45) is 0. The van der Waals surface area contributed by atoms with Gasteiger partial charge in [0, 0.05) is 32.0 Å². The highest BCUT2D eigenvalue weighted by Crippen LogP contribution is 2.23. The number of para-hydroxylation sites is 1. The van der Waals surface area contributed by atoms with E-state index in [0.29, 0.717) is 6.67 Å². The Bertz CT molecular complexity index is 944. The Morgan fingerprint density at radius 1 is 1.07 bits per heavy atom. The highest BCUT2D eigenvalue weighted by Gasteiger charge is 2.08. The molecule has 0 spiro atoms. The van der Waals surface area contributed by atoms with Gasteiger partial charge in [0.1, 0.15) is 0 Å². The number of rotatable bonds is 7. The summed E-state index contributed by atoms with van der Waals surface area (Å²) in [6.45, 7) is 3.57. The second kappa shape index (κ2) is 8.65. The molecule has 0 unspecified atom stereocenters. The van der Waals surface area contributed by atoms with Crippen molar-refractivity contribution in [2.75, 3.05) is 31.4 Å². The summed E-state index contributed by atoms with van der Waals surface area (Å²) in [5.74, 6) is 0. The molecule has 142 valence electrons. The molecule has 0 saturated heterocycles. The van der Waals surface area contributed by atoms with Crippen LogP contribution in [0.15, 0.2) is 48.5 Å². The van der Waals surface area contributed by atoms with Gasteiger partial charge in [-0.05, 0) is 55.5 Å². The first kappa shape index (κ1) is 19.5. The molecule has 5 nitrogen and oxygen atoms in total. The van der Waals surface area contributed by atoms with Gasteiger partial charge in [-0.25, -0.2) is 4.68 Å². The lowest BCUT2D eigenvalue weighted by Gasteiger charge is -2.18. The average Bonchev–Trinajstić information content (AvgIpc) is 2.96. The second-order valence-electron chi connectivity index (χ2n) is 6.83. The quantitative estimate of drug-likeness (QED) is 0.573. The molecule has 3 rings (SSSR count). The zero-order valence-corrected chi connectivity index (χ0v) is 17.8. The zero-order chi connectivity index (χ0) is 19.4. The summed E-state index contributed by atoms with van der Waals surface area (Å²) in [4.78, 5) is 4.31. The first-order chi connectivity index (χ1) is 12.9. The van der Waals surface area contributed by atoms with Crippen molar-refractivity contribution < 1.29 is 0 Å². The number of hydrogen-bond donors (Lipinski definition) is 1. The van der Waals surface area contributed by atoms with E-state index in [1.807, 2.05) is 37.0 Å². The fourth-order valence-electron chi connectivity index (χ4n) is 2.76. The maximum absolute atomic E-state index is 5.50. The number of nitrogens with zero attached hydrogens (tertiary/aromatic N) is 4. The molecular weight excluding hydrogens is 374 g/mol. The molecule has 0 saturated carbocycles. The Morgan fingerprint density at radius 2 is 1.78 bits per heavy atom. The largest absolute Gasteiger partial charge is 0.378 e. The lowest BCUT2D eigenvalue weighted by Crippen LogP contribution is -2.22. The number of hydrogen-bond acceptors (Lipinski definition) is 6. The van der Waals surface area contributed by atoms with Crippen LogP contribution in [0.4, 0.5) is 16.5 Å². The van der Waals surface area contributed by atoms with Gasteiger partial charge in [-0.15, -0.1) is 5.10 Å². The van der Waals surface area contributed by atoms with Gasteiger partial charge in [0.15, 0.2) is 3.95 Å². The van der Waals surface area contributed by atoms with Crippen LogP contribution in [0.3, 0.4) is 0 Å². The Kier molecular flexibility index (Phi) is 6.26. The molecule has 0 aliphatic carbocycles. The molecule has 0 aliphatic rings. The van der Waals surface area contributed by atoms with E-state index in [9.17, 15) is 0 Å². The third kappa shape index (κ3) is 5.15. The van der Waals surface area contributed by atoms with Crippen molar-refractivity contribution in [3.63, 3.8) is 0 Å². The molecule has 0 atom stereocenters. The predicted octanol–water partition coefficient (Wildman–Crippen LogP) is 4.88. The molecule has 0 radical (unpaired) electrons. The van der Waals surface area contributed by atoms with E-state index >= 15 is 0 Å². The minimum atomic E-state index is 0.653. The summed E-state index contributed by atoms with van der Waals surface area (Å²) in [7, 11) is 6.18. The monoisotopic (exact) mass is 399 g/mol. The van der Waals surface area contributed by atoms with Gasteiger partial charge in [-0.3, -0.25) is 4.90 Å². The van der Waals surface area contributed by atoms with Crippen LogP contribution in [0.2, 0.25) is 0 Å². The summed E-state index contributed by atoms with van der Waals surface area (Å²) in [6, 6.07) is 16.8. The van der Waals surface area contributed by atoms with Crippen LogP contribution >= 0.6 is 23.6 Å². The SMILES string of the molecule is Cc1ccccc1Nc1nn(CN(C)Cc2ccc(N(C)C)cc2)c(=S)s1. The summed E-state index contributed by atoms with van der Waals surface area (Å²) in [5.41, 5.74) is 4.71. The minimum Gasteiger partial charge on any atom is -0.378 e. The van der Waals surface area contributed by atoms with Crippen molar-refractivity contribution >= 4 is 40.1 Å². The molecule has 0 bridgehead atoms. The molecule has 2 aromatic carbocycles. The molecule has 3 aromatic rings. The van der Waals surface area contributed by atoms with Crippen molar-refractivity contribution in [2.24, 2.45) is 0 Å². The molecule has 27 heavy (non-hydrogen) atoms. The van der Waals surface area contributed by atoms with Gasteiger partial charge in [-0.2, -0.15) is 0 Å². The standard InChI is InChI=1S/C20H25N5S2/c1-15-7-5-6-8-18(15)21-19-22-25(20(26)27-19)14-24(4)13-16-9-11-17(12-10-16)23(2)3/h5-12H,13-14H2,1-4H3,(H,21,22). The number of nitrogens with one attached hydrogen (secondary N) is 1. The highest BCUT2D eigenvalue weighted by molar-refractivity contribution is 7.73. The van der Waals surface area contributed by atoms with E-state index in [1.165, 1.54) is 28.2 Å². The third-order valence-corrected chi connectivity index (χ3v) is 5.50.